The van der Waals surface area contributed by atoms with E-state index >= 15 is 0 Å². The maximum atomic E-state index is 12.2. The average Bonchev–Trinajstić information content (AvgIpc) is 2.97. The molecule has 2 aromatic rings. The van der Waals surface area contributed by atoms with Crippen LogP contribution in [0.25, 0.3) is 0 Å². The van der Waals surface area contributed by atoms with E-state index in [9.17, 15) is 13.2 Å². The standard InChI is InChI=1S/C11H12N2O4S3/c1-6-5-18-10(11(14)17-3)9(6)13-20(15,16)8-4-12-7(2)19-8/h4-5,13H,1-3H3. The summed E-state index contributed by atoms with van der Waals surface area (Å²) in [6.07, 6.45) is 1.29. The van der Waals surface area contributed by atoms with E-state index in [4.69, 9.17) is 0 Å². The molecule has 0 aromatic carbocycles. The number of carbonyl (C=O) groups is 1. The molecule has 2 rings (SSSR count). The summed E-state index contributed by atoms with van der Waals surface area (Å²) in [4.78, 5) is 15.8. The molecule has 0 atom stereocenters. The minimum atomic E-state index is -3.74. The molecule has 2 heterocycles. The van der Waals surface area contributed by atoms with E-state index in [-0.39, 0.29) is 14.8 Å². The molecule has 0 aliphatic heterocycles. The van der Waals surface area contributed by atoms with Crippen LogP contribution in [0, 0.1) is 13.8 Å². The van der Waals surface area contributed by atoms with Crippen LogP contribution in [0.15, 0.2) is 15.8 Å². The van der Waals surface area contributed by atoms with Crippen molar-refractivity contribution >= 4 is 44.4 Å². The summed E-state index contributed by atoms with van der Waals surface area (Å²) in [5, 5.41) is 2.35. The van der Waals surface area contributed by atoms with Gasteiger partial charge in [-0.25, -0.2) is 18.2 Å². The number of sulfonamides is 1. The molecule has 20 heavy (non-hydrogen) atoms. The Morgan fingerprint density at radius 2 is 2.10 bits per heavy atom. The number of aryl methyl sites for hydroxylation is 2. The van der Waals surface area contributed by atoms with Gasteiger partial charge in [0.15, 0.2) is 4.21 Å². The highest BCUT2D eigenvalue weighted by molar-refractivity contribution is 7.94. The third kappa shape index (κ3) is 2.84. The lowest BCUT2D eigenvalue weighted by atomic mass is 10.3. The van der Waals surface area contributed by atoms with Gasteiger partial charge in [0.2, 0.25) is 0 Å². The lowest BCUT2D eigenvalue weighted by Gasteiger charge is -2.07. The first kappa shape index (κ1) is 14.9. The number of methoxy groups -OCH3 is 1. The molecule has 0 spiro atoms. The summed E-state index contributed by atoms with van der Waals surface area (Å²) in [5.74, 6) is -0.568. The highest BCUT2D eigenvalue weighted by Crippen LogP contribution is 2.31. The van der Waals surface area contributed by atoms with Gasteiger partial charge in [0, 0.05) is 0 Å². The van der Waals surface area contributed by atoms with E-state index in [0.717, 1.165) is 22.7 Å². The Labute approximate surface area is 124 Å². The minimum absolute atomic E-state index is 0.108. The molecule has 0 radical (unpaired) electrons. The SMILES string of the molecule is COC(=O)c1scc(C)c1NS(=O)(=O)c1cnc(C)s1. The van der Waals surface area contributed by atoms with Gasteiger partial charge in [-0.1, -0.05) is 0 Å². The van der Waals surface area contributed by atoms with Crippen LogP contribution in [-0.2, 0) is 14.8 Å². The molecular formula is C11H12N2O4S3. The highest BCUT2D eigenvalue weighted by Gasteiger charge is 2.23. The van der Waals surface area contributed by atoms with Crippen molar-refractivity contribution in [3.05, 3.63) is 27.0 Å². The normalized spacial score (nSPS) is 11.3. The number of aromatic nitrogens is 1. The number of anilines is 1. The third-order valence-corrected chi connectivity index (χ3v) is 6.25. The van der Waals surface area contributed by atoms with Gasteiger partial charge in [0.05, 0.1) is 24.0 Å². The zero-order chi connectivity index (χ0) is 14.9. The summed E-state index contributed by atoms with van der Waals surface area (Å²) < 4.78 is 31.7. The first-order chi connectivity index (χ1) is 9.35. The second-order valence-electron chi connectivity index (χ2n) is 3.92. The van der Waals surface area contributed by atoms with Crippen LogP contribution in [0.2, 0.25) is 0 Å². The topological polar surface area (TPSA) is 85.4 Å². The molecule has 2 aromatic heterocycles. The molecule has 9 heteroatoms. The van der Waals surface area contributed by atoms with Gasteiger partial charge >= 0.3 is 5.97 Å². The number of carbonyl (C=O) groups excluding carboxylic acids is 1. The Balaban J connectivity index is 2.39. The van der Waals surface area contributed by atoms with E-state index < -0.39 is 16.0 Å². The number of nitrogens with one attached hydrogen (secondary N) is 1. The largest absolute Gasteiger partial charge is 0.465 e. The number of nitrogens with zero attached hydrogens (tertiary/aromatic N) is 1. The molecule has 0 bridgehead atoms. The van der Waals surface area contributed by atoms with E-state index in [1.165, 1.54) is 13.3 Å². The fourth-order valence-electron chi connectivity index (χ4n) is 1.46. The third-order valence-electron chi connectivity index (χ3n) is 2.45. The predicted molar refractivity (Wildman–Crippen MR) is 78.1 cm³/mol. The Hall–Kier alpha value is -1.45. The minimum Gasteiger partial charge on any atom is -0.465 e. The van der Waals surface area contributed by atoms with E-state index in [0.29, 0.717) is 10.6 Å². The number of hydrogen-bond acceptors (Lipinski definition) is 7. The Kier molecular flexibility index (Phi) is 4.11. The lowest BCUT2D eigenvalue weighted by Crippen LogP contribution is -2.14. The molecule has 0 unspecified atom stereocenters. The van der Waals surface area contributed by atoms with Crippen LogP contribution >= 0.6 is 22.7 Å². The van der Waals surface area contributed by atoms with E-state index in [1.54, 1.807) is 19.2 Å². The molecule has 6 nitrogen and oxygen atoms in total. The van der Waals surface area contributed by atoms with Crippen molar-refractivity contribution in [2.45, 2.75) is 18.1 Å². The zero-order valence-corrected chi connectivity index (χ0v) is 13.4. The molecule has 0 fully saturated rings. The van der Waals surface area contributed by atoms with Crippen molar-refractivity contribution < 1.29 is 17.9 Å². The van der Waals surface area contributed by atoms with Crippen LogP contribution < -0.4 is 4.72 Å². The van der Waals surface area contributed by atoms with Crippen molar-refractivity contribution in [2.24, 2.45) is 0 Å². The number of ether oxygens (including phenoxy) is 1. The van der Waals surface area contributed by atoms with Gasteiger partial charge in [-0.05, 0) is 24.8 Å². The van der Waals surface area contributed by atoms with Gasteiger partial charge in [0.1, 0.15) is 4.88 Å². The molecule has 0 aliphatic rings. The molecule has 1 N–H and O–H groups in total. The number of hydrogen-bond donors (Lipinski definition) is 1. The van der Waals surface area contributed by atoms with Crippen LogP contribution in [0.4, 0.5) is 5.69 Å². The number of rotatable bonds is 4. The van der Waals surface area contributed by atoms with Gasteiger partial charge in [-0.3, -0.25) is 4.72 Å². The fraction of sp³-hybridized carbons (Fsp3) is 0.273. The van der Waals surface area contributed by atoms with E-state index in [1.807, 2.05) is 0 Å². The summed E-state index contributed by atoms with van der Waals surface area (Å²) >= 11 is 2.20. The second kappa shape index (κ2) is 5.51. The molecular weight excluding hydrogens is 320 g/mol. The Bertz CT molecular complexity index is 746. The van der Waals surface area contributed by atoms with Gasteiger partial charge < -0.3 is 4.74 Å². The molecule has 0 saturated heterocycles. The number of thiazole rings is 1. The molecule has 108 valence electrons. The maximum Gasteiger partial charge on any atom is 0.350 e. The maximum absolute atomic E-state index is 12.2. The van der Waals surface area contributed by atoms with Crippen molar-refractivity contribution in [3.63, 3.8) is 0 Å². The number of thiophene rings is 1. The summed E-state index contributed by atoms with van der Waals surface area (Å²) in [6.45, 7) is 3.44. The van der Waals surface area contributed by atoms with Crippen molar-refractivity contribution in [1.82, 2.24) is 4.98 Å². The van der Waals surface area contributed by atoms with Crippen molar-refractivity contribution in [2.75, 3.05) is 11.8 Å². The van der Waals surface area contributed by atoms with Crippen molar-refractivity contribution in [3.8, 4) is 0 Å². The van der Waals surface area contributed by atoms with Gasteiger partial charge in [-0.15, -0.1) is 22.7 Å². The Morgan fingerprint density at radius 1 is 1.40 bits per heavy atom. The van der Waals surface area contributed by atoms with Crippen LogP contribution in [-0.4, -0.2) is 26.5 Å². The molecule has 0 aliphatic carbocycles. The first-order valence-corrected chi connectivity index (χ1v) is 8.64. The summed E-state index contributed by atoms with van der Waals surface area (Å²) in [5.41, 5.74) is 0.924. The molecule has 0 amide bonds. The zero-order valence-electron chi connectivity index (χ0n) is 11.0. The summed E-state index contributed by atoms with van der Waals surface area (Å²) in [6, 6.07) is 0. The second-order valence-corrected chi connectivity index (χ2v) is 7.94. The smallest absolute Gasteiger partial charge is 0.350 e. The van der Waals surface area contributed by atoms with Crippen LogP contribution in [0.1, 0.15) is 20.2 Å². The van der Waals surface area contributed by atoms with Crippen LogP contribution in [0.3, 0.4) is 0 Å². The number of esters is 1. The lowest BCUT2D eigenvalue weighted by molar-refractivity contribution is 0.0607. The monoisotopic (exact) mass is 332 g/mol. The fourth-order valence-corrected chi connectivity index (χ4v) is 4.70. The van der Waals surface area contributed by atoms with Crippen LogP contribution in [0.5, 0.6) is 0 Å². The molecule has 0 saturated carbocycles. The van der Waals surface area contributed by atoms with Crippen molar-refractivity contribution in [1.29, 1.82) is 0 Å². The van der Waals surface area contributed by atoms with Gasteiger partial charge in [0.25, 0.3) is 10.0 Å². The summed E-state index contributed by atoms with van der Waals surface area (Å²) in [7, 11) is -2.49. The first-order valence-electron chi connectivity index (χ1n) is 5.47. The Morgan fingerprint density at radius 3 is 2.65 bits per heavy atom. The predicted octanol–water partition coefficient (Wildman–Crippen LogP) is 2.41. The quantitative estimate of drug-likeness (QED) is 0.869. The average molecular weight is 332 g/mol. The highest BCUT2D eigenvalue weighted by atomic mass is 32.2. The van der Waals surface area contributed by atoms with Gasteiger partial charge in [-0.2, -0.15) is 0 Å². The van der Waals surface area contributed by atoms with E-state index in [2.05, 4.69) is 14.4 Å².